The first kappa shape index (κ1) is 26.0. The minimum absolute atomic E-state index is 0.126. The van der Waals surface area contributed by atoms with E-state index >= 15 is 0 Å². The van der Waals surface area contributed by atoms with Crippen LogP contribution in [0.4, 0.5) is 10.2 Å². The first-order valence-electron chi connectivity index (χ1n) is 13.4. The fourth-order valence-electron chi connectivity index (χ4n) is 5.35. The number of benzene rings is 2. The van der Waals surface area contributed by atoms with Crippen molar-refractivity contribution in [2.24, 2.45) is 7.05 Å². The van der Waals surface area contributed by atoms with Crippen LogP contribution in [0.5, 0.6) is 0 Å². The van der Waals surface area contributed by atoms with Crippen LogP contribution in [0.15, 0.2) is 61.4 Å². The quantitative estimate of drug-likeness (QED) is 0.332. The predicted octanol–water partition coefficient (Wildman–Crippen LogP) is 4.88. The Morgan fingerprint density at radius 2 is 1.95 bits per heavy atom. The van der Waals surface area contributed by atoms with Crippen LogP contribution in [-0.4, -0.2) is 42.9 Å². The predicted molar refractivity (Wildman–Crippen MR) is 152 cm³/mol. The Morgan fingerprint density at radius 1 is 1.12 bits per heavy atom. The molecule has 2 aromatic heterocycles. The van der Waals surface area contributed by atoms with Crippen molar-refractivity contribution in [3.05, 3.63) is 89.6 Å². The highest BCUT2D eigenvalue weighted by Gasteiger charge is 2.34. The number of carbonyl (C=O) groups is 1. The zero-order chi connectivity index (χ0) is 28.0. The number of aromatic nitrogens is 4. The number of aryl methyl sites for hydroxylation is 1. The maximum atomic E-state index is 14.4. The maximum absolute atomic E-state index is 14.4. The number of carbonyl (C=O) groups excluding carboxylic acids is 1. The molecule has 1 aliphatic heterocycles. The third kappa shape index (κ3) is 4.82. The smallest absolute Gasteiger partial charge is 0.260 e. The molecule has 4 aromatic rings. The lowest BCUT2D eigenvalue weighted by atomic mass is 9.80. The topological polar surface area (TPSA) is 96.2 Å². The van der Waals surface area contributed by atoms with Crippen molar-refractivity contribution in [1.29, 1.82) is 0 Å². The lowest BCUT2D eigenvalue weighted by molar-refractivity contribution is -0.0314. The summed E-state index contributed by atoms with van der Waals surface area (Å²) in [6.07, 6.45) is 4.29. The number of nitrogens with one attached hydrogen (secondary N) is 1. The second-order valence-electron chi connectivity index (χ2n) is 10.9. The van der Waals surface area contributed by atoms with Crippen LogP contribution >= 0.6 is 0 Å². The number of fused-ring (bicyclic) bond motifs is 1. The molecular weight excluding hydrogens is 507 g/mol. The van der Waals surface area contributed by atoms with Crippen molar-refractivity contribution in [3.63, 3.8) is 0 Å². The number of aliphatic hydroxyl groups is 1. The van der Waals surface area contributed by atoms with Gasteiger partial charge >= 0.3 is 0 Å². The summed E-state index contributed by atoms with van der Waals surface area (Å²) >= 11 is 0. The van der Waals surface area contributed by atoms with Crippen molar-refractivity contribution in [1.82, 2.24) is 25.1 Å². The van der Waals surface area contributed by atoms with Gasteiger partial charge in [0.1, 0.15) is 18.0 Å². The molecule has 2 aromatic carbocycles. The van der Waals surface area contributed by atoms with Gasteiger partial charge in [-0.2, -0.15) is 0 Å². The average molecular weight is 539 g/mol. The molecular formula is C31H31FN6O2. The SMILES string of the molecule is C=C(C)c1cc(-c2ccc(F)cc2-c2nncn2C)cc(N2Cc3ccc(CNCC4(O)CCC4)cc3C2=O)n1. The molecule has 3 heterocycles. The molecule has 0 bridgehead atoms. The number of amides is 1. The molecule has 40 heavy (non-hydrogen) atoms. The van der Waals surface area contributed by atoms with Crippen molar-refractivity contribution in [2.75, 3.05) is 11.4 Å². The van der Waals surface area contributed by atoms with Gasteiger partial charge in [0.2, 0.25) is 0 Å². The van der Waals surface area contributed by atoms with Crippen LogP contribution in [-0.2, 0) is 20.1 Å². The summed E-state index contributed by atoms with van der Waals surface area (Å²) in [5, 5.41) is 21.8. The summed E-state index contributed by atoms with van der Waals surface area (Å²) in [6, 6.07) is 14.2. The fraction of sp³-hybridized carbons (Fsp3) is 0.290. The number of hydrogen-bond donors (Lipinski definition) is 2. The van der Waals surface area contributed by atoms with Gasteiger partial charge in [0.15, 0.2) is 5.82 Å². The number of allylic oxidation sites excluding steroid dienone is 1. The van der Waals surface area contributed by atoms with E-state index < -0.39 is 5.60 Å². The molecule has 9 heteroatoms. The fourth-order valence-corrected chi connectivity index (χ4v) is 5.35. The number of anilines is 1. The van der Waals surface area contributed by atoms with Crippen LogP contribution in [0.25, 0.3) is 28.1 Å². The molecule has 2 N–H and O–H groups in total. The Hall–Kier alpha value is -4.21. The zero-order valence-electron chi connectivity index (χ0n) is 22.6. The highest BCUT2D eigenvalue weighted by atomic mass is 19.1. The van der Waals surface area contributed by atoms with Gasteiger partial charge in [-0.15, -0.1) is 10.2 Å². The first-order valence-corrected chi connectivity index (χ1v) is 13.4. The van der Waals surface area contributed by atoms with E-state index in [1.54, 1.807) is 28.9 Å². The molecule has 0 atom stereocenters. The second-order valence-corrected chi connectivity index (χ2v) is 10.9. The Morgan fingerprint density at radius 3 is 2.65 bits per heavy atom. The van der Waals surface area contributed by atoms with E-state index in [1.165, 1.54) is 12.1 Å². The lowest BCUT2D eigenvalue weighted by Gasteiger charge is -2.36. The summed E-state index contributed by atoms with van der Waals surface area (Å²) in [7, 11) is 1.81. The Labute approximate surface area is 232 Å². The molecule has 0 spiro atoms. The van der Waals surface area contributed by atoms with Crippen molar-refractivity contribution >= 4 is 17.3 Å². The highest BCUT2D eigenvalue weighted by molar-refractivity contribution is 6.10. The molecule has 0 saturated heterocycles. The number of rotatable bonds is 8. The van der Waals surface area contributed by atoms with Gasteiger partial charge in [-0.25, -0.2) is 9.37 Å². The number of pyridine rings is 1. The minimum Gasteiger partial charge on any atom is -0.389 e. The maximum Gasteiger partial charge on any atom is 0.260 e. The minimum atomic E-state index is -0.599. The largest absolute Gasteiger partial charge is 0.389 e. The monoisotopic (exact) mass is 538 g/mol. The molecule has 8 nitrogen and oxygen atoms in total. The number of nitrogens with zero attached hydrogens (tertiary/aromatic N) is 5. The molecule has 1 fully saturated rings. The molecule has 1 amide bonds. The normalized spacial score (nSPS) is 15.7. The van der Waals surface area contributed by atoms with Gasteiger partial charge in [0.25, 0.3) is 5.91 Å². The summed E-state index contributed by atoms with van der Waals surface area (Å²) < 4.78 is 16.1. The summed E-state index contributed by atoms with van der Waals surface area (Å²) in [5.41, 5.74) is 5.45. The van der Waals surface area contributed by atoms with Gasteiger partial charge in [0.05, 0.1) is 17.8 Å². The van der Waals surface area contributed by atoms with Crippen molar-refractivity contribution in [2.45, 2.75) is 44.9 Å². The van der Waals surface area contributed by atoms with Gasteiger partial charge in [-0.05, 0) is 84.3 Å². The van der Waals surface area contributed by atoms with Gasteiger partial charge in [-0.1, -0.05) is 24.8 Å². The van der Waals surface area contributed by atoms with Crippen LogP contribution in [0, 0.1) is 5.82 Å². The highest BCUT2D eigenvalue weighted by Crippen LogP contribution is 2.36. The van der Waals surface area contributed by atoms with Crippen LogP contribution < -0.4 is 10.2 Å². The van der Waals surface area contributed by atoms with Gasteiger partial charge in [0, 0.05) is 31.3 Å². The Balaban J connectivity index is 1.32. The van der Waals surface area contributed by atoms with Crippen LogP contribution in [0.1, 0.15) is 53.4 Å². The second kappa shape index (κ2) is 10.1. The summed E-state index contributed by atoms with van der Waals surface area (Å²) in [6.45, 7) is 7.46. The first-order chi connectivity index (χ1) is 19.2. The molecule has 0 unspecified atom stereocenters. The zero-order valence-corrected chi connectivity index (χ0v) is 22.6. The molecule has 1 saturated carbocycles. The van der Waals surface area contributed by atoms with E-state index in [1.807, 2.05) is 37.3 Å². The third-order valence-corrected chi connectivity index (χ3v) is 7.82. The average Bonchev–Trinajstić information content (AvgIpc) is 3.50. The van der Waals surface area contributed by atoms with E-state index in [0.29, 0.717) is 48.1 Å². The van der Waals surface area contributed by atoms with E-state index in [0.717, 1.165) is 47.1 Å². The van der Waals surface area contributed by atoms with Crippen molar-refractivity contribution in [3.8, 4) is 22.5 Å². The molecule has 204 valence electrons. The molecule has 0 radical (unpaired) electrons. The van der Waals surface area contributed by atoms with E-state index in [4.69, 9.17) is 4.98 Å². The molecule has 6 rings (SSSR count). The third-order valence-electron chi connectivity index (χ3n) is 7.82. The summed E-state index contributed by atoms with van der Waals surface area (Å²) in [5.74, 6) is 0.518. The summed E-state index contributed by atoms with van der Waals surface area (Å²) in [4.78, 5) is 20.1. The molecule has 1 aliphatic carbocycles. The van der Waals surface area contributed by atoms with Gasteiger partial charge in [-0.3, -0.25) is 9.69 Å². The van der Waals surface area contributed by atoms with Gasteiger partial charge < -0.3 is 15.0 Å². The molecule has 2 aliphatic rings. The number of hydrogen-bond acceptors (Lipinski definition) is 6. The standard InChI is InChI=1S/C31H31FN6O2/c1-19(2)27-12-22(24-8-7-23(32)14-26(24)29-36-34-18-37(29)3)13-28(35-27)38-16-21-6-5-20(11-25(21)30(38)39)15-33-17-31(40)9-4-10-31/h5-8,11-14,18,33,40H,1,4,9-10,15-17H2,2-3H3. The van der Waals surface area contributed by atoms with Crippen LogP contribution in [0.3, 0.4) is 0 Å². The van der Waals surface area contributed by atoms with E-state index in [2.05, 4.69) is 22.1 Å². The van der Waals surface area contributed by atoms with E-state index in [9.17, 15) is 14.3 Å². The van der Waals surface area contributed by atoms with Crippen LogP contribution in [0.2, 0.25) is 0 Å². The van der Waals surface area contributed by atoms with E-state index in [-0.39, 0.29) is 11.7 Å². The van der Waals surface area contributed by atoms with Crippen molar-refractivity contribution < 1.29 is 14.3 Å². The lowest BCUT2D eigenvalue weighted by Crippen LogP contribution is -2.45. The Kier molecular flexibility index (Phi) is 6.56. The Bertz CT molecular complexity index is 1640. The number of halogens is 1.